The number of ether oxygens (including phenoxy) is 1. The van der Waals surface area contributed by atoms with E-state index in [-0.39, 0.29) is 35.9 Å². The number of rotatable bonds is 9. The minimum atomic E-state index is -1.26. The number of esters is 1. The third-order valence-corrected chi connectivity index (χ3v) is 4.19. The number of hydrogen-bond donors (Lipinski definition) is 1. The summed E-state index contributed by atoms with van der Waals surface area (Å²) in [5, 5.41) is 20.7. The molecular formula is C15H17Cl2NO6. The molecule has 132 valence electrons. The van der Waals surface area contributed by atoms with Gasteiger partial charge in [-0.3, -0.25) is 19.7 Å². The zero-order valence-corrected chi connectivity index (χ0v) is 14.4. The summed E-state index contributed by atoms with van der Waals surface area (Å²) in [4.78, 5) is 33.4. The highest BCUT2D eigenvalue weighted by Gasteiger charge is 2.35. The molecule has 0 spiro atoms. The Morgan fingerprint density at radius 3 is 2.50 bits per heavy atom. The summed E-state index contributed by atoms with van der Waals surface area (Å²) in [5.41, 5.74) is 0.435. The van der Waals surface area contributed by atoms with Gasteiger partial charge in [-0.15, -0.1) is 0 Å². The van der Waals surface area contributed by atoms with Gasteiger partial charge in [0.25, 0.3) is 0 Å². The van der Waals surface area contributed by atoms with Crippen molar-refractivity contribution >= 4 is 35.1 Å². The highest BCUT2D eigenvalue weighted by Crippen LogP contribution is 2.33. The van der Waals surface area contributed by atoms with Crippen molar-refractivity contribution in [2.24, 2.45) is 0 Å². The second kappa shape index (κ2) is 9.44. The first kappa shape index (κ1) is 20.2. The summed E-state index contributed by atoms with van der Waals surface area (Å²) in [7, 11) is 0. The summed E-state index contributed by atoms with van der Waals surface area (Å²) in [6.45, 7) is 1.77. The molecule has 0 radical (unpaired) electrons. The van der Waals surface area contributed by atoms with Crippen LogP contribution in [0.4, 0.5) is 0 Å². The second-order valence-electron chi connectivity index (χ2n) is 5.07. The Balaban J connectivity index is 3.17. The normalized spacial score (nSPS) is 13.1. The van der Waals surface area contributed by atoms with Crippen molar-refractivity contribution in [1.29, 1.82) is 0 Å². The Bertz CT molecular complexity index is 622. The van der Waals surface area contributed by atoms with E-state index in [1.807, 2.05) is 0 Å². The molecule has 9 heteroatoms. The third-order valence-electron chi connectivity index (χ3n) is 3.45. The van der Waals surface area contributed by atoms with E-state index in [0.717, 1.165) is 0 Å². The molecule has 1 rings (SSSR count). The van der Waals surface area contributed by atoms with Gasteiger partial charge in [-0.2, -0.15) is 0 Å². The number of aliphatic carboxylic acids is 1. The van der Waals surface area contributed by atoms with E-state index < -0.39 is 28.8 Å². The number of carboxylic acid groups (broad SMARTS) is 1. The van der Waals surface area contributed by atoms with Crippen LogP contribution in [0.2, 0.25) is 10.0 Å². The topological polar surface area (TPSA) is 107 Å². The van der Waals surface area contributed by atoms with Gasteiger partial charge < -0.3 is 9.84 Å². The molecule has 7 nitrogen and oxygen atoms in total. The van der Waals surface area contributed by atoms with E-state index in [4.69, 9.17) is 33.0 Å². The fraction of sp³-hybridized carbons (Fsp3) is 0.467. The lowest BCUT2D eigenvalue weighted by molar-refractivity contribution is -0.527. The van der Waals surface area contributed by atoms with Gasteiger partial charge >= 0.3 is 11.9 Å². The van der Waals surface area contributed by atoms with Crippen LogP contribution in [0.15, 0.2) is 18.2 Å². The fourth-order valence-corrected chi connectivity index (χ4v) is 2.65. The van der Waals surface area contributed by atoms with Crippen LogP contribution in [0.3, 0.4) is 0 Å². The predicted molar refractivity (Wildman–Crippen MR) is 88.1 cm³/mol. The Morgan fingerprint density at radius 2 is 2.00 bits per heavy atom. The number of carbonyl (C=O) groups excluding carboxylic acids is 1. The highest BCUT2D eigenvalue weighted by atomic mass is 35.5. The molecule has 0 aliphatic carbocycles. The highest BCUT2D eigenvalue weighted by molar-refractivity contribution is 6.42. The number of nitrogens with zero attached hydrogens (tertiary/aromatic N) is 1. The van der Waals surface area contributed by atoms with Crippen molar-refractivity contribution < 1.29 is 24.4 Å². The molecule has 1 N–H and O–H groups in total. The zero-order chi connectivity index (χ0) is 18.3. The quantitative estimate of drug-likeness (QED) is 0.400. The molecule has 0 bridgehead atoms. The SMILES string of the molecule is CCOC(=O)CC(c1ccc(Cl)c(Cl)c1)C(CCC(=O)O)[N+](=O)[O-]. The maximum Gasteiger partial charge on any atom is 0.306 e. The Morgan fingerprint density at radius 1 is 1.33 bits per heavy atom. The summed E-state index contributed by atoms with van der Waals surface area (Å²) in [6, 6.07) is 3.20. The van der Waals surface area contributed by atoms with Crippen LogP contribution in [-0.4, -0.2) is 34.6 Å². The smallest absolute Gasteiger partial charge is 0.306 e. The summed E-state index contributed by atoms with van der Waals surface area (Å²) < 4.78 is 4.87. The number of carboxylic acids is 1. The number of nitro groups is 1. The molecule has 0 aliphatic heterocycles. The Labute approximate surface area is 148 Å². The second-order valence-corrected chi connectivity index (χ2v) is 5.89. The summed E-state index contributed by atoms with van der Waals surface area (Å²) >= 11 is 11.8. The van der Waals surface area contributed by atoms with Gasteiger partial charge in [-0.05, 0) is 24.6 Å². The number of halogens is 2. The Kier molecular flexibility index (Phi) is 7.94. The van der Waals surface area contributed by atoms with Gasteiger partial charge in [0.15, 0.2) is 0 Å². The molecule has 0 heterocycles. The van der Waals surface area contributed by atoms with Crippen LogP contribution < -0.4 is 0 Å². The lowest BCUT2D eigenvalue weighted by Gasteiger charge is -2.21. The minimum absolute atomic E-state index is 0.144. The maximum atomic E-state index is 11.8. The van der Waals surface area contributed by atoms with Crippen molar-refractivity contribution in [3.05, 3.63) is 43.9 Å². The minimum Gasteiger partial charge on any atom is -0.481 e. The van der Waals surface area contributed by atoms with E-state index in [1.54, 1.807) is 6.92 Å². The zero-order valence-electron chi connectivity index (χ0n) is 12.9. The molecule has 0 aromatic heterocycles. The third kappa shape index (κ3) is 5.98. The molecule has 0 saturated heterocycles. The Hall–Kier alpha value is -1.86. The number of hydrogen-bond acceptors (Lipinski definition) is 5. The molecule has 2 atom stereocenters. The first-order valence-corrected chi connectivity index (χ1v) is 7.97. The molecule has 2 unspecified atom stereocenters. The molecule has 1 aromatic carbocycles. The summed E-state index contributed by atoms with van der Waals surface area (Å²) in [5.74, 6) is -2.62. The predicted octanol–water partition coefficient (Wildman–Crippen LogP) is 3.54. The molecule has 0 saturated carbocycles. The van der Waals surface area contributed by atoms with Gasteiger partial charge in [-0.1, -0.05) is 29.3 Å². The number of benzene rings is 1. The summed E-state index contributed by atoms with van der Waals surface area (Å²) in [6.07, 6.45) is -0.851. The number of carbonyl (C=O) groups is 2. The van der Waals surface area contributed by atoms with Crippen LogP contribution in [0.25, 0.3) is 0 Å². The lowest BCUT2D eigenvalue weighted by Crippen LogP contribution is -2.30. The maximum absolute atomic E-state index is 11.8. The van der Waals surface area contributed by atoms with E-state index >= 15 is 0 Å². The molecule has 0 aliphatic rings. The first-order valence-electron chi connectivity index (χ1n) is 7.22. The van der Waals surface area contributed by atoms with E-state index in [9.17, 15) is 19.7 Å². The van der Waals surface area contributed by atoms with Gasteiger partial charge in [-0.25, -0.2) is 0 Å². The standard InChI is InChI=1S/C15H17Cl2NO6/c1-2-24-15(21)8-10(9-3-4-11(16)12(17)7-9)13(18(22)23)5-6-14(19)20/h3-4,7,10,13H,2,5-6,8H2,1H3,(H,19,20). The van der Waals surface area contributed by atoms with Crippen molar-refractivity contribution in [3.8, 4) is 0 Å². The largest absolute Gasteiger partial charge is 0.481 e. The van der Waals surface area contributed by atoms with Gasteiger partial charge in [0.05, 0.1) is 35.4 Å². The van der Waals surface area contributed by atoms with E-state index in [0.29, 0.717) is 5.56 Å². The molecule has 0 fully saturated rings. The monoisotopic (exact) mass is 377 g/mol. The fourth-order valence-electron chi connectivity index (χ4n) is 2.34. The van der Waals surface area contributed by atoms with Gasteiger partial charge in [0.1, 0.15) is 0 Å². The van der Waals surface area contributed by atoms with E-state index in [1.165, 1.54) is 18.2 Å². The van der Waals surface area contributed by atoms with Crippen molar-refractivity contribution in [2.45, 2.75) is 38.1 Å². The average molecular weight is 378 g/mol. The van der Waals surface area contributed by atoms with Crippen molar-refractivity contribution in [2.75, 3.05) is 6.61 Å². The lowest BCUT2D eigenvalue weighted by atomic mass is 9.86. The average Bonchev–Trinajstić information content (AvgIpc) is 2.48. The molecule has 24 heavy (non-hydrogen) atoms. The van der Waals surface area contributed by atoms with Crippen molar-refractivity contribution in [1.82, 2.24) is 0 Å². The van der Waals surface area contributed by atoms with Crippen LogP contribution in [0.5, 0.6) is 0 Å². The van der Waals surface area contributed by atoms with Crippen LogP contribution in [0.1, 0.15) is 37.7 Å². The van der Waals surface area contributed by atoms with Crippen LogP contribution in [-0.2, 0) is 14.3 Å². The molecular weight excluding hydrogens is 361 g/mol. The van der Waals surface area contributed by atoms with Crippen LogP contribution >= 0.6 is 23.2 Å². The van der Waals surface area contributed by atoms with Gasteiger partial charge in [0.2, 0.25) is 6.04 Å². The molecule has 0 amide bonds. The van der Waals surface area contributed by atoms with Crippen LogP contribution in [0, 0.1) is 10.1 Å². The van der Waals surface area contributed by atoms with Gasteiger partial charge in [0, 0.05) is 11.3 Å². The van der Waals surface area contributed by atoms with E-state index in [2.05, 4.69) is 0 Å². The molecule has 1 aromatic rings. The first-order chi connectivity index (χ1) is 11.3. The van der Waals surface area contributed by atoms with Crippen molar-refractivity contribution in [3.63, 3.8) is 0 Å².